The number of nitrogens with zero attached hydrogens (tertiary/aromatic N) is 1. The zero-order valence-electron chi connectivity index (χ0n) is 16.5. The minimum atomic E-state index is -1.65. The first-order valence-corrected chi connectivity index (χ1v) is 9.42. The van der Waals surface area contributed by atoms with Crippen molar-refractivity contribution >= 4 is 29.3 Å². The van der Waals surface area contributed by atoms with Gasteiger partial charge in [0, 0.05) is 18.8 Å². The highest BCUT2D eigenvalue weighted by Crippen LogP contribution is 2.35. The smallest absolute Gasteiger partial charge is 0.406 e. The van der Waals surface area contributed by atoms with Gasteiger partial charge in [-0.1, -0.05) is 11.6 Å². The highest BCUT2D eigenvalue weighted by Gasteiger charge is 2.43. The molecule has 0 spiro atoms. The fourth-order valence-electron chi connectivity index (χ4n) is 2.89. The number of pyridine rings is 1. The molecular formula is C18H26ClFN4O5. The molecule has 0 bridgehead atoms. The lowest BCUT2D eigenvalue weighted by Gasteiger charge is -2.44. The van der Waals surface area contributed by atoms with Crippen molar-refractivity contribution in [3.05, 3.63) is 23.0 Å². The monoisotopic (exact) mass is 432 g/mol. The number of rotatable bonds is 8. The number of halogens is 2. The third kappa shape index (κ3) is 6.41. The maximum atomic E-state index is 13.9. The van der Waals surface area contributed by atoms with E-state index in [0.717, 1.165) is 0 Å². The van der Waals surface area contributed by atoms with Crippen molar-refractivity contribution in [3.8, 4) is 0 Å². The molecule has 1 aliphatic carbocycles. The van der Waals surface area contributed by atoms with Crippen LogP contribution in [0.1, 0.15) is 37.0 Å². The second-order valence-electron chi connectivity index (χ2n) is 7.70. The van der Waals surface area contributed by atoms with E-state index in [1.807, 2.05) is 0 Å². The predicted octanol–water partition coefficient (Wildman–Crippen LogP) is 1.24. The van der Waals surface area contributed by atoms with Crippen LogP contribution >= 0.6 is 11.6 Å². The zero-order valence-corrected chi connectivity index (χ0v) is 17.2. The first-order valence-electron chi connectivity index (χ1n) is 9.04. The van der Waals surface area contributed by atoms with Crippen molar-refractivity contribution in [2.45, 2.75) is 50.1 Å². The van der Waals surface area contributed by atoms with Gasteiger partial charge in [-0.2, -0.15) is 0 Å². The minimum Gasteiger partial charge on any atom is -0.453 e. The SMILES string of the molecule is COC(=O)NC[C@]1(O)C[C@@H](Nc2cc(Cl)ncc2C(=O)NC[C@@H](F)C(C)(C)O)C1. The van der Waals surface area contributed by atoms with Crippen LogP contribution in [0.5, 0.6) is 0 Å². The fourth-order valence-corrected chi connectivity index (χ4v) is 3.05. The summed E-state index contributed by atoms with van der Waals surface area (Å²) in [6.07, 6.45) is -0.368. The third-order valence-electron chi connectivity index (χ3n) is 4.68. The van der Waals surface area contributed by atoms with Crippen LogP contribution in [0.4, 0.5) is 14.9 Å². The summed E-state index contributed by atoms with van der Waals surface area (Å²) in [4.78, 5) is 27.5. The van der Waals surface area contributed by atoms with Gasteiger partial charge >= 0.3 is 6.09 Å². The number of anilines is 1. The van der Waals surface area contributed by atoms with Gasteiger partial charge in [-0.25, -0.2) is 14.2 Å². The largest absolute Gasteiger partial charge is 0.453 e. The number of carbonyl (C=O) groups is 2. The van der Waals surface area contributed by atoms with E-state index in [0.29, 0.717) is 18.5 Å². The Hall–Kier alpha value is -2.17. The summed E-state index contributed by atoms with van der Waals surface area (Å²) in [5, 5.41) is 28.1. The summed E-state index contributed by atoms with van der Waals surface area (Å²) >= 11 is 5.92. The molecule has 162 valence electrons. The number of alkyl carbamates (subject to hydrolysis) is 1. The fraction of sp³-hybridized carbons (Fsp3) is 0.611. The Labute approximate surface area is 173 Å². The Balaban J connectivity index is 1.97. The van der Waals surface area contributed by atoms with Gasteiger partial charge in [-0.05, 0) is 32.8 Å². The molecule has 5 N–H and O–H groups in total. The summed E-state index contributed by atoms with van der Waals surface area (Å²) in [5.74, 6) is -0.578. The lowest BCUT2D eigenvalue weighted by atomic mass is 9.75. The van der Waals surface area contributed by atoms with Crippen LogP contribution in [0.25, 0.3) is 0 Å². The zero-order chi connectivity index (χ0) is 21.8. The number of alkyl halides is 1. The summed E-state index contributed by atoms with van der Waals surface area (Å²) in [5.41, 5.74) is -2.13. The van der Waals surface area contributed by atoms with Gasteiger partial charge in [0.1, 0.15) is 11.3 Å². The standard InChI is InChI=1S/C18H26ClFN4O5/c1-17(2,27)13(20)8-22-15(25)11-7-21-14(19)4-12(11)24-10-5-18(28,6-10)9-23-16(26)29-3/h4,7,10,13,27-28H,5-6,8-9H2,1-3H3,(H,21,24)(H,22,25)(H,23,26)/t10-,13-,18+/m1/s1. The number of hydrogen-bond donors (Lipinski definition) is 5. The van der Waals surface area contributed by atoms with E-state index in [4.69, 9.17) is 11.6 Å². The molecule has 1 aromatic heterocycles. The van der Waals surface area contributed by atoms with Crippen LogP contribution in [-0.4, -0.2) is 70.8 Å². The third-order valence-corrected chi connectivity index (χ3v) is 4.89. The molecule has 0 unspecified atom stereocenters. The molecule has 29 heavy (non-hydrogen) atoms. The summed E-state index contributed by atoms with van der Waals surface area (Å²) < 4.78 is 18.3. The van der Waals surface area contributed by atoms with E-state index in [-0.39, 0.29) is 29.8 Å². The second-order valence-corrected chi connectivity index (χ2v) is 8.09. The van der Waals surface area contributed by atoms with Crippen molar-refractivity contribution in [3.63, 3.8) is 0 Å². The molecule has 0 radical (unpaired) electrons. The predicted molar refractivity (Wildman–Crippen MR) is 105 cm³/mol. The molecule has 0 aromatic carbocycles. The van der Waals surface area contributed by atoms with Crippen LogP contribution in [-0.2, 0) is 4.74 Å². The minimum absolute atomic E-state index is 0.0388. The molecule has 1 aliphatic rings. The number of aliphatic hydroxyl groups is 2. The van der Waals surface area contributed by atoms with E-state index >= 15 is 0 Å². The Morgan fingerprint density at radius 2 is 2.10 bits per heavy atom. The van der Waals surface area contributed by atoms with Crippen molar-refractivity contribution in [1.82, 2.24) is 15.6 Å². The number of hydrogen-bond acceptors (Lipinski definition) is 7. The topological polar surface area (TPSA) is 133 Å². The Morgan fingerprint density at radius 1 is 1.45 bits per heavy atom. The van der Waals surface area contributed by atoms with Crippen molar-refractivity contribution in [1.29, 1.82) is 0 Å². The average Bonchev–Trinajstić information content (AvgIpc) is 2.61. The van der Waals surface area contributed by atoms with E-state index in [1.165, 1.54) is 33.2 Å². The van der Waals surface area contributed by atoms with E-state index in [9.17, 15) is 24.2 Å². The number of aromatic nitrogens is 1. The number of ether oxygens (including phenoxy) is 1. The van der Waals surface area contributed by atoms with Gasteiger partial charge in [0.25, 0.3) is 5.91 Å². The molecule has 9 nitrogen and oxygen atoms in total. The molecule has 2 amide bonds. The maximum absolute atomic E-state index is 13.9. The highest BCUT2D eigenvalue weighted by molar-refractivity contribution is 6.29. The van der Waals surface area contributed by atoms with Gasteiger partial charge in [-0.3, -0.25) is 4.79 Å². The van der Waals surface area contributed by atoms with Gasteiger partial charge < -0.3 is 30.9 Å². The molecule has 11 heteroatoms. The lowest BCUT2D eigenvalue weighted by Crippen LogP contribution is -2.56. The Kier molecular flexibility index (Phi) is 7.25. The first kappa shape index (κ1) is 23.1. The number of nitrogens with one attached hydrogen (secondary N) is 3. The van der Waals surface area contributed by atoms with Crippen molar-refractivity contribution in [2.75, 3.05) is 25.5 Å². The Morgan fingerprint density at radius 3 is 2.69 bits per heavy atom. The molecule has 0 aliphatic heterocycles. The van der Waals surface area contributed by atoms with Gasteiger partial charge in [0.15, 0.2) is 0 Å². The summed E-state index contributed by atoms with van der Waals surface area (Å²) in [7, 11) is 1.23. The average molecular weight is 433 g/mol. The quantitative estimate of drug-likeness (QED) is 0.390. The summed E-state index contributed by atoms with van der Waals surface area (Å²) in [6, 6.07) is 1.29. The van der Waals surface area contributed by atoms with E-state index in [1.54, 1.807) is 0 Å². The molecule has 1 saturated carbocycles. The molecule has 1 aromatic rings. The molecule has 0 saturated heterocycles. The van der Waals surface area contributed by atoms with E-state index < -0.39 is 29.4 Å². The lowest BCUT2D eigenvalue weighted by molar-refractivity contribution is -0.0386. The maximum Gasteiger partial charge on any atom is 0.406 e. The summed E-state index contributed by atoms with van der Waals surface area (Å²) in [6.45, 7) is 2.30. The van der Waals surface area contributed by atoms with Crippen LogP contribution < -0.4 is 16.0 Å². The van der Waals surface area contributed by atoms with Crippen LogP contribution in [0.15, 0.2) is 12.3 Å². The number of methoxy groups -OCH3 is 1. The van der Waals surface area contributed by atoms with E-state index in [2.05, 4.69) is 25.7 Å². The van der Waals surface area contributed by atoms with Crippen molar-refractivity contribution < 1.29 is 28.9 Å². The first-order chi connectivity index (χ1) is 13.4. The molecule has 1 atom stereocenters. The molecular weight excluding hydrogens is 407 g/mol. The van der Waals surface area contributed by atoms with Crippen LogP contribution in [0.2, 0.25) is 5.15 Å². The normalized spacial score (nSPS) is 22.2. The van der Waals surface area contributed by atoms with Crippen LogP contribution in [0.3, 0.4) is 0 Å². The highest BCUT2D eigenvalue weighted by atomic mass is 35.5. The van der Waals surface area contributed by atoms with Gasteiger partial charge in [0.2, 0.25) is 0 Å². The number of carbonyl (C=O) groups excluding carboxylic acids is 2. The van der Waals surface area contributed by atoms with Crippen molar-refractivity contribution in [2.24, 2.45) is 0 Å². The molecule has 1 heterocycles. The van der Waals surface area contributed by atoms with Crippen LogP contribution in [0, 0.1) is 0 Å². The molecule has 2 rings (SSSR count). The second kappa shape index (κ2) is 9.10. The number of amides is 2. The van der Waals surface area contributed by atoms with Gasteiger partial charge in [0.05, 0.1) is 36.1 Å². The Bertz CT molecular complexity index is 752. The molecule has 1 fully saturated rings. The van der Waals surface area contributed by atoms with Gasteiger partial charge in [-0.15, -0.1) is 0 Å².